The van der Waals surface area contributed by atoms with Crippen LogP contribution in [0.5, 0.6) is 0 Å². The second kappa shape index (κ2) is 8.02. The summed E-state index contributed by atoms with van der Waals surface area (Å²) >= 11 is 1.72. The van der Waals surface area contributed by atoms with Gasteiger partial charge >= 0.3 is 0 Å². The third-order valence-electron chi connectivity index (χ3n) is 2.62. The highest BCUT2D eigenvalue weighted by molar-refractivity contribution is 7.10. The molecule has 6 heteroatoms. The van der Waals surface area contributed by atoms with Crippen molar-refractivity contribution in [2.24, 2.45) is 4.99 Å². The van der Waals surface area contributed by atoms with Crippen molar-refractivity contribution in [2.75, 3.05) is 13.1 Å². The van der Waals surface area contributed by atoms with Crippen LogP contribution >= 0.6 is 11.3 Å². The number of carbonyl (C=O) groups is 1. The van der Waals surface area contributed by atoms with Crippen LogP contribution in [0.1, 0.15) is 38.1 Å². The fraction of sp³-hybridized carbons (Fsp3) is 0.600. The van der Waals surface area contributed by atoms with Crippen LogP contribution in [0.25, 0.3) is 0 Å². The maximum absolute atomic E-state index is 11.8. The van der Waals surface area contributed by atoms with Crippen molar-refractivity contribution in [1.29, 1.82) is 0 Å². The van der Waals surface area contributed by atoms with Crippen LogP contribution in [0.4, 0.5) is 0 Å². The van der Waals surface area contributed by atoms with E-state index in [0.717, 1.165) is 13.1 Å². The Kier molecular flexibility index (Phi) is 6.68. The highest BCUT2D eigenvalue weighted by atomic mass is 32.1. The van der Waals surface area contributed by atoms with Crippen molar-refractivity contribution in [3.05, 3.63) is 21.9 Å². The van der Waals surface area contributed by atoms with E-state index in [-0.39, 0.29) is 18.0 Å². The molecule has 1 rings (SSSR count). The number of hydrogen-bond donors (Lipinski definition) is 3. The van der Waals surface area contributed by atoms with E-state index >= 15 is 0 Å². The van der Waals surface area contributed by atoms with Crippen molar-refractivity contribution in [2.45, 2.75) is 46.7 Å². The molecule has 21 heavy (non-hydrogen) atoms. The normalized spacial score (nSPS) is 12.1. The Labute approximate surface area is 131 Å². The molecule has 0 bridgehead atoms. The minimum atomic E-state index is -0.230. The van der Waals surface area contributed by atoms with Gasteiger partial charge in [0.05, 0.1) is 6.54 Å². The first-order chi connectivity index (χ1) is 9.81. The summed E-state index contributed by atoms with van der Waals surface area (Å²) in [6.07, 6.45) is 0. The molecule has 0 atom stereocenters. The van der Waals surface area contributed by atoms with Crippen LogP contribution in [0.2, 0.25) is 0 Å². The summed E-state index contributed by atoms with van der Waals surface area (Å²) in [6.45, 7) is 11.6. The van der Waals surface area contributed by atoms with Crippen LogP contribution < -0.4 is 16.0 Å². The van der Waals surface area contributed by atoms with Crippen molar-refractivity contribution >= 4 is 23.2 Å². The topological polar surface area (TPSA) is 65.5 Å². The number of nitrogens with one attached hydrogen (secondary N) is 3. The van der Waals surface area contributed by atoms with E-state index in [1.54, 1.807) is 11.3 Å². The molecule has 1 aromatic heterocycles. The summed E-state index contributed by atoms with van der Waals surface area (Å²) in [7, 11) is 0. The molecule has 1 aromatic rings. The van der Waals surface area contributed by atoms with E-state index in [1.165, 1.54) is 10.4 Å². The maximum atomic E-state index is 11.8. The number of amides is 1. The zero-order valence-corrected chi connectivity index (χ0v) is 14.4. The quantitative estimate of drug-likeness (QED) is 0.576. The second-order valence-electron chi connectivity index (χ2n) is 5.87. The molecular formula is C15H26N4OS. The molecule has 0 spiro atoms. The zero-order chi connectivity index (χ0) is 15.9. The highest BCUT2D eigenvalue weighted by Crippen LogP contribution is 2.14. The van der Waals surface area contributed by atoms with E-state index in [4.69, 9.17) is 0 Å². The van der Waals surface area contributed by atoms with Gasteiger partial charge in [0, 0.05) is 17.0 Å². The number of nitrogens with zero attached hydrogens (tertiary/aromatic N) is 1. The van der Waals surface area contributed by atoms with E-state index in [0.29, 0.717) is 5.96 Å². The first-order valence-corrected chi connectivity index (χ1v) is 8.06. The molecule has 0 aliphatic heterocycles. The number of hydrogen-bond acceptors (Lipinski definition) is 3. The number of guanidine groups is 1. The molecule has 0 fully saturated rings. The van der Waals surface area contributed by atoms with Gasteiger partial charge in [-0.25, -0.2) is 4.99 Å². The van der Waals surface area contributed by atoms with Gasteiger partial charge in [0.15, 0.2) is 5.96 Å². The van der Waals surface area contributed by atoms with Gasteiger partial charge in [-0.2, -0.15) is 0 Å². The van der Waals surface area contributed by atoms with E-state index in [1.807, 2.05) is 27.7 Å². The Bertz CT molecular complexity index is 488. The lowest BCUT2D eigenvalue weighted by Gasteiger charge is -2.20. The molecule has 0 saturated carbocycles. The molecule has 0 saturated heterocycles. The Balaban J connectivity index is 2.54. The third-order valence-corrected chi connectivity index (χ3v) is 3.65. The van der Waals surface area contributed by atoms with Crippen molar-refractivity contribution in [3.63, 3.8) is 0 Å². The summed E-state index contributed by atoms with van der Waals surface area (Å²) in [5.41, 5.74) is 1.04. The number of aryl methyl sites for hydroxylation is 1. The molecule has 0 unspecified atom stereocenters. The first kappa shape index (κ1) is 17.5. The third kappa shape index (κ3) is 7.13. The van der Waals surface area contributed by atoms with Crippen LogP contribution in [-0.2, 0) is 11.3 Å². The molecule has 1 amide bonds. The molecular weight excluding hydrogens is 284 g/mol. The van der Waals surface area contributed by atoms with Gasteiger partial charge in [0.25, 0.3) is 0 Å². The SMILES string of the molecule is CCNC(=NCC(=O)NC(C)(C)C)NCc1sccc1C. The highest BCUT2D eigenvalue weighted by Gasteiger charge is 2.13. The molecule has 0 aliphatic rings. The minimum absolute atomic E-state index is 0.0768. The molecule has 118 valence electrons. The molecule has 0 radical (unpaired) electrons. The number of carbonyl (C=O) groups excluding carboxylic acids is 1. The van der Waals surface area contributed by atoms with Crippen molar-refractivity contribution < 1.29 is 4.79 Å². The minimum Gasteiger partial charge on any atom is -0.357 e. The lowest BCUT2D eigenvalue weighted by Crippen LogP contribution is -2.43. The Morgan fingerprint density at radius 1 is 1.33 bits per heavy atom. The Hall–Kier alpha value is -1.56. The number of rotatable bonds is 5. The fourth-order valence-electron chi connectivity index (χ4n) is 1.70. The largest absolute Gasteiger partial charge is 0.357 e. The summed E-state index contributed by atoms with van der Waals surface area (Å²) in [5, 5.41) is 11.4. The van der Waals surface area contributed by atoms with E-state index in [9.17, 15) is 4.79 Å². The van der Waals surface area contributed by atoms with E-state index < -0.39 is 0 Å². The fourth-order valence-corrected chi connectivity index (χ4v) is 2.55. The number of aliphatic imine (C=N–C) groups is 1. The summed E-state index contributed by atoms with van der Waals surface area (Å²) in [6, 6.07) is 2.10. The average Bonchev–Trinajstić information content (AvgIpc) is 2.76. The van der Waals surface area contributed by atoms with Crippen LogP contribution in [0.3, 0.4) is 0 Å². The molecule has 0 aromatic carbocycles. The molecule has 3 N–H and O–H groups in total. The van der Waals surface area contributed by atoms with Crippen LogP contribution in [-0.4, -0.2) is 30.5 Å². The second-order valence-corrected chi connectivity index (χ2v) is 6.87. The Morgan fingerprint density at radius 3 is 2.57 bits per heavy atom. The summed E-state index contributed by atoms with van der Waals surface area (Å²) in [5.74, 6) is 0.585. The predicted molar refractivity (Wildman–Crippen MR) is 89.8 cm³/mol. The van der Waals surface area contributed by atoms with Crippen molar-refractivity contribution in [1.82, 2.24) is 16.0 Å². The average molecular weight is 310 g/mol. The molecule has 0 aliphatic carbocycles. The van der Waals surface area contributed by atoms with Crippen molar-refractivity contribution in [3.8, 4) is 0 Å². The maximum Gasteiger partial charge on any atom is 0.242 e. The smallest absolute Gasteiger partial charge is 0.242 e. The van der Waals surface area contributed by atoms with Gasteiger partial charge in [-0.3, -0.25) is 4.79 Å². The van der Waals surface area contributed by atoms with Gasteiger partial charge in [0.2, 0.25) is 5.91 Å². The Morgan fingerprint density at radius 2 is 2.05 bits per heavy atom. The summed E-state index contributed by atoms with van der Waals surface area (Å²) < 4.78 is 0. The van der Waals surface area contributed by atoms with E-state index in [2.05, 4.69) is 39.3 Å². The lowest BCUT2D eigenvalue weighted by molar-refractivity contribution is -0.121. The molecule has 5 nitrogen and oxygen atoms in total. The van der Waals surface area contributed by atoms with Gasteiger partial charge in [-0.15, -0.1) is 11.3 Å². The van der Waals surface area contributed by atoms with Gasteiger partial charge in [-0.1, -0.05) is 0 Å². The predicted octanol–water partition coefficient (Wildman–Crippen LogP) is 2.03. The van der Waals surface area contributed by atoms with Gasteiger partial charge in [-0.05, 0) is 51.6 Å². The van der Waals surface area contributed by atoms with Crippen LogP contribution in [0.15, 0.2) is 16.4 Å². The monoisotopic (exact) mass is 310 g/mol. The standard InChI is InChI=1S/C15H26N4OS/c1-6-16-14(17-9-12-11(2)7-8-21-12)18-10-13(20)19-15(3,4)5/h7-8H,6,9-10H2,1-5H3,(H,19,20)(H2,16,17,18). The lowest BCUT2D eigenvalue weighted by atomic mass is 10.1. The first-order valence-electron chi connectivity index (χ1n) is 7.18. The van der Waals surface area contributed by atoms with Crippen LogP contribution in [0, 0.1) is 6.92 Å². The van der Waals surface area contributed by atoms with Gasteiger partial charge in [0.1, 0.15) is 6.54 Å². The van der Waals surface area contributed by atoms with Gasteiger partial charge < -0.3 is 16.0 Å². The summed E-state index contributed by atoms with van der Waals surface area (Å²) in [4.78, 5) is 17.4. The zero-order valence-electron chi connectivity index (χ0n) is 13.5. The number of thiophene rings is 1. The molecule has 1 heterocycles.